The highest BCUT2D eigenvalue weighted by molar-refractivity contribution is 7.89. The minimum absolute atomic E-state index is 0.0432. The third-order valence-corrected chi connectivity index (χ3v) is 6.40. The van der Waals surface area contributed by atoms with Crippen molar-refractivity contribution in [2.75, 3.05) is 26.7 Å². The van der Waals surface area contributed by atoms with E-state index < -0.39 is 10.0 Å². The van der Waals surface area contributed by atoms with Crippen LogP contribution in [0.1, 0.15) is 37.6 Å². The second-order valence-corrected chi connectivity index (χ2v) is 8.29. The minimum Gasteiger partial charge on any atom is -0.375 e. The fraction of sp³-hybridized carbons (Fsp3) is 0.588. The smallest absolute Gasteiger partial charge is 0.254 e. The quantitative estimate of drug-likeness (QED) is 0.811. The maximum Gasteiger partial charge on any atom is 0.254 e. The van der Waals surface area contributed by atoms with Gasteiger partial charge in [0.25, 0.3) is 5.91 Å². The van der Waals surface area contributed by atoms with Crippen LogP contribution in [0.5, 0.6) is 0 Å². The third-order valence-electron chi connectivity index (χ3n) is 4.37. The predicted octanol–water partition coefficient (Wildman–Crippen LogP) is 1.97. The average Bonchev–Trinajstić information content (AvgIpc) is 2.60. The van der Waals surface area contributed by atoms with Gasteiger partial charge in [-0.1, -0.05) is 13.0 Å². The highest BCUT2D eigenvalue weighted by Gasteiger charge is 2.27. The first-order chi connectivity index (χ1) is 11.3. The van der Waals surface area contributed by atoms with Crippen molar-refractivity contribution in [1.82, 2.24) is 9.21 Å². The Balaban J connectivity index is 2.25. The van der Waals surface area contributed by atoms with Crippen molar-refractivity contribution in [3.05, 3.63) is 29.8 Å². The van der Waals surface area contributed by atoms with Crippen molar-refractivity contribution in [1.29, 1.82) is 0 Å². The summed E-state index contributed by atoms with van der Waals surface area (Å²) in [4.78, 5) is 14.6. The molecule has 1 aliphatic heterocycles. The van der Waals surface area contributed by atoms with Crippen LogP contribution < -0.4 is 0 Å². The van der Waals surface area contributed by atoms with Crippen molar-refractivity contribution in [3.63, 3.8) is 0 Å². The molecule has 0 bridgehead atoms. The molecule has 1 aromatic rings. The predicted molar refractivity (Wildman–Crippen MR) is 92.5 cm³/mol. The number of amides is 1. The van der Waals surface area contributed by atoms with Gasteiger partial charge in [-0.05, 0) is 38.5 Å². The van der Waals surface area contributed by atoms with Gasteiger partial charge in [0.2, 0.25) is 10.0 Å². The first-order valence-electron chi connectivity index (χ1n) is 8.26. The van der Waals surface area contributed by atoms with Gasteiger partial charge in [0, 0.05) is 31.7 Å². The van der Waals surface area contributed by atoms with E-state index in [1.165, 1.54) is 16.4 Å². The maximum atomic E-state index is 12.7. The topological polar surface area (TPSA) is 66.9 Å². The molecule has 6 nitrogen and oxygen atoms in total. The summed E-state index contributed by atoms with van der Waals surface area (Å²) >= 11 is 0. The zero-order chi connectivity index (χ0) is 17.9. The van der Waals surface area contributed by atoms with E-state index in [2.05, 4.69) is 0 Å². The van der Waals surface area contributed by atoms with E-state index in [1.54, 1.807) is 24.1 Å². The number of rotatable bonds is 5. The van der Waals surface area contributed by atoms with Crippen LogP contribution in [0.4, 0.5) is 0 Å². The molecule has 7 heteroatoms. The third kappa shape index (κ3) is 3.96. The molecule has 1 amide bonds. The number of benzene rings is 1. The molecule has 1 heterocycles. The summed E-state index contributed by atoms with van der Waals surface area (Å²) in [7, 11) is -2.06. The van der Waals surface area contributed by atoms with Gasteiger partial charge in [-0.25, -0.2) is 8.42 Å². The SMILES string of the molecule is CCC1CN(C(=O)c2cccc(S(=O)(=O)N(C)C(C)C)c2)CCO1. The van der Waals surface area contributed by atoms with Crippen LogP contribution in [-0.2, 0) is 14.8 Å². The van der Waals surface area contributed by atoms with Gasteiger partial charge in [0.1, 0.15) is 0 Å². The Morgan fingerprint density at radius 2 is 2.12 bits per heavy atom. The van der Waals surface area contributed by atoms with Gasteiger partial charge in [-0.15, -0.1) is 0 Å². The first kappa shape index (κ1) is 18.9. The number of hydrogen-bond acceptors (Lipinski definition) is 4. The molecule has 2 rings (SSSR count). The Morgan fingerprint density at radius 1 is 1.42 bits per heavy atom. The van der Waals surface area contributed by atoms with Gasteiger partial charge in [-0.2, -0.15) is 4.31 Å². The molecule has 0 saturated carbocycles. The summed E-state index contributed by atoms with van der Waals surface area (Å²) in [5, 5.41) is 0. The molecule has 1 atom stereocenters. The van der Waals surface area contributed by atoms with Crippen LogP contribution in [0.3, 0.4) is 0 Å². The van der Waals surface area contributed by atoms with Crippen LogP contribution in [0.15, 0.2) is 29.2 Å². The lowest BCUT2D eigenvalue weighted by molar-refractivity contribution is -0.0226. The van der Waals surface area contributed by atoms with Gasteiger partial charge in [0.05, 0.1) is 17.6 Å². The summed E-state index contributed by atoms with van der Waals surface area (Å²) in [5.74, 6) is -0.152. The molecule has 24 heavy (non-hydrogen) atoms. The van der Waals surface area contributed by atoms with Crippen molar-refractivity contribution >= 4 is 15.9 Å². The Hall–Kier alpha value is -1.44. The van der Waals surface area contributed by atoms with Crippen LogP contribution in [0, 0.1) is 0 Å². The first-order valence-corrected chi connectivity index (χ1v) is 9.70. The lowest BCUT2D eigenvalue weighted by Gasteiger charge is -2.32. The molecule has 1 aromatic carbocycles. The Kier molecular flexibility index (Phi) is 6.01. The van der Waals surface area contributed by atoms with E-state index in [0.717, 1.165) is 6.42 Å². The molecule has 1 unspecified atom stereocenters. The molecule has 0 N–H and O–H groups in total. The van der Waals surface area contributed by atoms with Gasteiger partial charge >= 0.3 is 0 Å². The van der Waals surface area contributed by atoms with Crippen LogP contribution >= 0.6 is 0 Å². The summed E-state index contributed by atoms with van der Waals surface area (Å²) in [6, 6.07) is 6.12. The summed E-state index contributed by atoms with van der Waals surface area (Å²) in [6.07, 6.45) is 0.888. The Bertz CT molecular complexity index is 688. The molecular weight excluding hydrogens is 328 g/mol. The van der Waals surface area contributed by atoms with Gasteiger partial charge in [0.15, 0.2) is 0 Å². The van der Waals surface area contributed by atoms with Gasteiger partial charge in [-0.3, -0.25) is 4.79 Å². The highest BCUT2D eigenvalue weighted by atomic mass is 32.2. The van der Waals surface area contributed by atoms with Crippen molar-refractivity contribution < 1.29 is 17.9 Å². The zero-order valence-corrected chi connectivity index (χ0v) is 15.5. The molecule has 134 valence electrons. The van der Waals surface area contributed by atoms with E-state index in [-0.39, 0.29) is 22.9 Å². The van der Waals surface area contributed by atoms with E-state index >= 15 is 0 Å². The second-order valence-electron chi connectivity index (χ2n) is 6.30. The number of carbonyl (C=O) groups is 1. The van der Waals surface area contributed by atoms with Crippen molar-refractivity contribution in [2.24, 2.45) is 0 Å². The molecule has 0 aromatic heterocycles. The monoisotopic (exact) mass is 354 g/mol. The normalized spacial score (nSPS) is 19.1. The number of carbonyl (C=O) groups excluding carboxylic acids is 1. The Morgan fingerprint density at radius 3 is 2.75 bits per heavy atom. The number of ether oxygens (including phenoxy) is 1. The molecule has 0 radical (unpaired) electrons. The largest absolute Gasteiger partial charge is 0.375 e. The lowest BCUT2D eigenvalue weighted by atomic mass is 10.1. The van der Waals surface area contributed by atoms with Crippen molar-refractivity contribution in [3.8, 4) is 0 Å². The molecular formula is C17H26N2O4S. The maximum absolute atomic E-state index is 12.7. The van der Waals surface area contributed by atoms with E-state index in [1.807, 2.05) is 20.8 Å². The van der Waals surface area contributed by atoms with Crippen LogP contribution in [0.25, 0.3) is 0 Å². The number of nitrogens with zero attached hydrogens (tertiary/aromatic N) is 2. The highest BCUT2D eigenvalue weighted by Crippen LogP contribution is 2.19. The lowest BCUT2D eigenvalue weighted by Crippen LogP contribution is -2.45. The molecule has 1 aliphatic rings. The van der Waals surface area contributed by atoms with Gasteiger partial charge < -0.3 is 9.64 Å². The fourth-order valence-electron chi connectivity index (χ4n) is 2.57. The van der Waals surface area contributed by atoms with E-state index in [0.29, 0.717) is 25.3 Å². The molecule has 1 saturated heterocycles. The number of sulfonamides is 1. The Labute approximate surface area is 144 Å². The minimum atomic E-state index is -3.60. The molecule has 1 fully saturated rings. The average molecular weight is 354 g/mol. The van der Waals surface area contributed by atoms with E-state index in [4.69, 9.17) is 4.74 Å². The number of hydrogen-bond donors (Lipinski definition) is 0. The van der Waals surface area contributed by atoms with E-state index in [9.17, 15) is 13.2 Å². The standard InChI is InChI=1S/C17H26N2O4S/c1-5-15-12-19(9-10-23-15)17(20)14-7-6-8-16(11-14)24(21,22)18(4)13(2)3/h6-8,11,13,15H,5,9-10,12H2,1-4H3. The molecule has 0 aliphatic carbocycles. The summed E-state index contributed by atoms with van der Waals surface area (Å²) in [6.45, 7) is 7.22. The summed E-state index contributed by atoms with van der Waals surface area (Å²) < 4.78 is 32.1. The van der Waals surface area contributed by atoms with Crippen molar-refractivity contribution in [2.45, 2.75) is 44.2 Å². The molecule has 0 spiro atoms. The van der Waals surface area contributed by atoms with Crippen LogP contribution in [-0.4, -0.2) is 62.4 Å². The second kappa shape index (κ2) is 7.63. The number of morpholine rings is 1. The van der Waals surface area contributed by atoms with Crippen LogP contribution in [0.2, 0.25) is 0 Å². The zero-order valence-electron chi connectivity index (χ0n) is 14.7. The summed E-state index contributed by atoms with van der Waals surface area (Å²) in [5.41, 5.74) is 0.394. The fourth-order valence-corrected chi connectivity index (χ4v) is 3.98.